The Morgan fingerprint density at radius 1 is 1.18 bits per heavy atom. The first-order valence-corrected chi connectivity index (χ1v) is 11.3. The number of nitrogens with two attached hydrogens (primary N) is 1. The molecule has 0 saturated heterocycles. The predicted molar refractivity (Wildman–Crippen MR) is 121 cm³/mol. The number of thiol groups is 1. The van der Waals surface area contributed by atoms with Crippen LogP contribution in [0.5, 0.6) is 0 Å². The number of amides is 1. The van der Waals surface area contributed by atoms with E-state index in [2.05, 4.69) is 29.3 Å². The Hall–Kier alpha value is -1.34. The lowest BCUT2D eigenvalue weighted by Gasteiger charge is -2.21. The van der Waals surface area contributed by atoms with Crippen LogP contribution in [0.3, 0.4) is 0 Å². The van der Waals surface area contributed by atoms with Crippen LogP contribution in [0.25, 0.3) is 0 Å². The number of rotatable bonds is 4. The summed E-state index contributed by atoms with van der Waals surface area (Å²) < 4.78 is 0. The quantitative estimate of drug-likeness (QED) is 0.544. The SMILES string of the molecule is CCC(C)(O)c1cc(C(=O)Nc2c3c(cc4c2CCC4)CCC3)sc1C.NS. The number of nitrogens with one attached hydrogen (secondary N) is 1. The summed E-state index contributed by atoms with van der Waals surface area (Å²) in [5.41, 5.74) is 6.65. The van der Waals surface area contributed by atoms with Gasteiger partial charge in [0.25, 0.3) is 5.91 Å². The van der Waals surface area contributed by atoms with Crippen LogP contribution < -0.4 is 10.5 Å². The maximum absolute atomic E-state index is 13.0. The molecule has 28 heavy (non-hydrogen) atoms. The number of thiophene rings is 1. The molecule has 6 heteroatoms. The minimum Gasteiger partial charge on any atom is -0.385 e. The van der Waals surface area contributed by atoms with Crippen molar-refractivity contribution in [3.63, 3.8) is 0 Å². The van der Waals surface area contributed by atoms with Crippen molar-refractivity contribution < 1.29 is 9.90 Å². The zero-order valence-electron chi connectivity index (χ0n) is 16.9. The highest BCUT2D eigenvalue weighted by Gasteiger charge is 2.28. The highest BCUT2D eigenvalue weighted by molar-refractivity contribution is 7.77. The minimum atomic E-state index is -0.881. The van der Waals surface area contributed by atoms with Gasteiger partial charge in [0, 0.05) is 10.6 Å². The second kappa shape index (κ2) is 8.57. The number of anilines is 1. The molecule has 4 N–H and O–H groups in total. The lowest BCUT2D eigenvalue weighted by atomic mass is 9.94. The molecule has 1 atom stereocenters. The van der Waals surface area contributed by atoms with Crippen molar-refractivity contribution in [1.82, 2.24) is 0 Å². The van der Waals surface area contributed by atoms with Gasteiger partial charge in [0.05, 0.1) is 10.5 Å². The molecule has 1 aromatic carbocycles. The van der Waals surface area contributed by atoms with E-state index in [-0.39, 0.29) is 5.91 Å². The molecule has 1 aromatic heterocycles. The molecule has 1 heterocycles. The van der Waals surface area contributed by atoms with Gasteiger partial charge in [-0.25, -0.2) is 0 Å². The van der Waals surface area contributed by atoms with Crippen molar-refractivity contribution in [1.29, 1.82) is 0 Å². The molecule has 1 unspecified atom stereocenters. The zero-order chi connectivity index (χ0) is 20.5. The fourth-order valence-corrected chi connectivity index (χ4v) is 5.50. The Morgan fingerprint density at radius 3 is 2.29 bits per heavy atom. The van der Waals surface area contributed by atoms with Crippen LogP contribution in [0.2, 0.25) is 0 Å². The van der Waals surface area contributed by atoms with Gasteiger partial charge < -0.3 is 10.4 Å². The molecule has 0 fully saturated rings. The number of carbonyl (C=O) groups is 1. The summed E-state index contributed by atoms with van der Waals surface area (Å²) in [5.74, 6) is -0.0364. The van der Waals surface area contributed by atoms with Gasteiger partial charge in [0.15, 0.2) is 0 Å². The van der Waals surface area contributed by atoms with Crippen LogP contribution in [0, 0.1) is 6.92 Å². The summed E-state index contributed by atoms with van der Waals surface area (Å²) in [6.45, 7) is 5.77. The first-order chi connectivity index (χ1) is 13.4. The molecule has 4 rings (SSSR count). The Balaban J connectivity index is 0.00000109. The number of hydrogen-bond donors (Lipinski definition) is 4. The third-order valence-corrected chi connectivity index (χ3v) is 7.17. The molecule has 2 aliphatic rings. The molecule has 0 radical (unpaired) electrons. The largest absolute Gasteiger partial charge is 0.385 e. The first-order valence-electron chi connectivity index (χ1n) is 9.97. The summed E-state index contributed by atoms with van der Waals surface area (Å²) in [4.78, 5) is 14.7. The fraction of sp³-hybridized carbons (Fsp3) is 0.500. The predicted octanol–water partition coefficient (Wildman–Crippen LogP) is 4.69. The molecule has 1 amide bonds. The van der Waals surface area contributed by atoms with E-state index in [1.165, 1.54) is 46.4 Å². The standard InChI is InChI=1S/C22H27NO2S.H3NS/c1-4-22(3,25)18-12-19(26-13(18)2)21(24)23-20-16-9-5-7-14(16)11-15-8-6-10-17(15)20;1-2/h11-12,25H,4-10H2,1-3H3,(H,23,24);2H,1H2. The van der Waals surface area contributed by atoms with Crippen LogP contribution in [0.1, 0.15) is 75.5 Å². The highest BCUT2D eigenvalue weighted by atomic mass is 32.1. The van der Waals surface area contributed by atoms with E-state index in [1.54, 1.807) is 0 Å². The molecule has 2 aliphatic carbocycles. The summed E-state index contributed by atoms with van der Waals surface area (Å²) in [5, 5.41) is 18.0. The lowest BCUT2D eigenvalue weighted by Crippen LogP contribution is -2.20. The van der Waals surface area contributed by atoms with Gasteiger partial charge in [-0.2, -0.15) is 0 Å². The van der Waals surface area contributed by atoms with Gasteiger partial charge in [-0.15, -0.1) is 24.2 Å². The molecule has 4 nitrogen and oxygen atoms in total. The molecule has 0 bridgehead atoms. The maximum Gasteiger partial charge on any atom is 0.265 e. The van der Waals surface area contributed by atoms with E-state index >= 15 is 0 Å². The Labute approximate surface area is 177 Å². The van der Waals surface area contributed by atoms with Crippen molar-refractivity contribution in [2.24, 2.45) is 5.14 Å². The van der Waals surface area contributed by atoms with E-state index in [1.807, 2.05) is 26.8 Å². The second-order valence-electron chi connectivity index (χ2n) is 7.90. The molecule has 2 aromatic rings. The Morgan fingerprint density at radius 2 is 1.75 bits per heavy atom. The van der Waals surface area contributed by atoms with Gasteiger partial charge in [-0.05, 0) is 92.7 Å². The Bertz CT molecular complexity index is 855. The zero-order valence-corrected chi connectivity index (χ0v) is 18.6. The molecular weight excluding hydrogens is 388 g/mol. The lowest BCUT2D eigenvalue weighted by molar-refractivity contribution is 0.0529. The Kier molecular flexibility index (Phi) is 6.54. The first kappa shape index (κ1) is 21.4. The van der Waals surface area contributed by atoms with Crippen LogP contribution in [0.15, 0.2) is 12.1 Å². The van der Waals surface area contributed by atoms with Crippen LogP contribution in [0.4, 0.5) is 5.69 Å². The van der Waals surface area contributed by atoms with Crippen LogP contribution in [-0.4, -0.2) is 11.0 Å². The average Bonchev–Trinajstić information content (AvgIpc) is 3.42. The van der Waals surface area contributed by atoms with Crippen molar-refractivity contribution in [3.8, 4) is 0 Å². The van der Waals surface area contributed by atoms with Gasteiger partial charge in [-0.3, -0.25) is 9.93 Å². The molecule has 0 saturated carbocycles. The minimum absolute atomic E-state index is 0.0364. The summed E-state index contributed by atoms with van der Waals surface area (Å²) in [7, 11) is 0. The number of carbonyl (C=O) groups excluding carboxylic acids is 1. The fourth-order valence-electron chi connectivity index (χ4n) is 4.46. The molecule has 0 aliphatic heterocycles. The van der Waals surface area contributed by atoms with Crippen molar-refractivity contribution in [3.05, 3.63) is 49.7 Å². The van der Waals surface area contributed by atoms with Crippen LogP contribution >= 0.6 is 24.2 Å². The second-order valence-corrected chi connectivity index (χ2v) is 9.15. The van der Waals surface area contributed by atoms with E-state index < -0.39 is 5.60 Å². The van der Waals surface area contributed by atoms with E-state index in [0.717, 1.165) is 41.8 Å². The smallest absolute Gasteiger partial charge is 0.265 e. The highest BCUT2D eigenvalue weighted by Crippen LogP contribution is 2.39. The number of aliphatic hydroxyl groups is 1. The number of hydrogen-bond acceptors (Lipinski definition) is 5. The molecule has 0 spiro atoms. The monoisotopic (exact) mass is 418 g/mol. The number of fused-ring (bicyclic) bond motifs is 2. The number of benzene rings is 1. The average molecular weight is 419 g/mol. The van der Waals surface area contributed by atoms with Crippen molar-refractivity contribution >= 4 is 35.7 Å². The van der Waals surface area contributed by atoms with Gasteiger partial charge in [-0.1, -0.05) is 13.0 Å². The van der Waals surface area contributed by atoms with Crippen LogP contribution in [-0.2, 0) is 31.3 Å². The normalized spacial score (nSPS) is 16.6. The summed E-state index contributed by atoms with van der Waals surface area (Å²) in [6, 6.07) is 4.26. The summed E-state index contributed by atoms with van der Waals surface area (Å²) >= 11 is 4.51. The van der Waals surface area contributed by atoms with E-state index in [0.29, 0.717) is 11.3 Å². The van der Waals surface area contributed by atoms with Gasteiger partial charge in [0.2, 0.25) is 0 Å². The third-order valence-electron chi connectivity index (χ3n) is 6.12. The molecular formula is C22H30N2O2S2. The van der Waals surface area contributed by atoms with E-state index in [9.17, 15) is 9.90 Å². The summed E-state index contributed by atoms with van der Waals surface area (Å²) in [6.07, 6.45) is 7.39. The van der Waals surface area contributed by atoms with Gasteiger partial charge >= 0.3 is 0 Å². The maximum atomic E-state index is 13.0. The van der Waals surface area contributed by atoms with E-state index in [4.69, 9.17) is 0 Å². The van der Waals surface area contributed by atoms with Crippen molar-refractivity contribution in [2.75, 3.05) is 5.32 Å². The van der Waals surface area contributed by atoms with Crippen molar-refractivity contribution in [2.45, 2.75) is 71.3 Å². The number of aryl methyl sites for hydroxylation is 3. The topological polar surface area (TPSA) is 75.3 Å². The molecule has 152 valence electrons. The third kappa shape index (κ3) is 3.88. The van der Waals surface area contributed by atoms with Gasteiger partial charge in [0.1, 0.15) is 0 Å².